The van der Waals surface area contributed by atoms with Gasteiger partial charge < -0.3 is 5.32 Å². The van der Waals surface area contributed by atoms with Crippen LogP contribution >= 0.6 is 27.3 Å². The molecule has 0 spiro atoms. The summed E-state index contributed by atoms with van der Waals surface area (Å²) >= 11 is 5.35. The Labute approximate surface area is 105 Å². The third-order valence-corrected chi connectivity index (χ3v) is 4.22. The fourth-order valence-corrected chi connectivity index (χ4v) is 3.16. The van der Waals surface area contributed by atoms with Crippen molar-refractivity contribution in [1.29, 1.82) is 0 Å². The second-order valence-corrected chi connectivity index (χ2v) is 6.11. The highest BCUT2D eigenvalue weighted by molar-refractivity contribution is 9.10. The predicted octanol–water partition coefficient (Wildman–Crippen LogP) is 4.60. The summed E-state index contributed by atoms with van der Waals surface area (Å²) in [6.07, 6.45) is 2.52. The molecule has 0 aliphatic heterocycles. The van der Waals surface area contributed by atoms with E-state index >= 15 is 0 Å². The van der Waals surface area contributed by atoms with Crippen LogP contribution in [-0.4, -0.2) is 6.54 Å². The molecule has 1 N–H and O–H groups in total. The molecule has 0 aliphatic rings. The first-order valence-corrected chi connectivity index (χ1v) is 7.28. The third kappa shape index (κ3) is 4.66. The van der Waals surface area contributed by atoms with E-state index in [1.54, 1.807) is 0 Å². The molecule has 1 rings (SSSR count). The summed E-state index contributed by atoms with van der Waals surface area (Å²) in [6, 6.07) is 2.77. The lowest BCUT2D eigenvalue weighted by atomic mass is 10.0. The van der Waals surface area contributed by atoms with E-state index in [4.69, 9.17) is 0 Å². The SMILES string of the molecule is CCNC(CCC(C)C)c1cc(Br)cs1. The van der Waals surface area contributed by atoms with Gasteiger partial charge in [0.2, 0.25) is 0 Å². The van der Waals surface area contributed by atoms with Gasteiger partial charge in [-0.05, 0) is 47.3 Å². The van der Waals surface area contributed by atoms with Gasteiger partial charge in [-0.25, -0.2) is 0 Å². The lowest BCUT2D eigenvalue weighted by Crippen LogP contribution is -2.20. The second-order valence-electron chi connectivity index (χ2n) is 4.25. The smallest absolute Gasteiger partial charge is 0.0415 e. The largest absolute Gasteiger partial charge is 0.310 e. The maximum absolute atomic E-state index is 3.56. The van der Waals surface area contributed by atoms with Crippen molar-refractivity contribution in [3.05, 3.63) is 20.8 Å². The highest BCUT2D eigenvalue weighted by Crippen LogP contribution is 2.29. The molecule has 0 fully saturated rings. The fourth-order valence-electron chi connectivity index (χ4n) is 1.60. The molecule has 0 saturated carbocycles. The van der Waals surface area contributed by atoms with Gasteiger partial charge in [-0.1, -0.05) is 20.8 Å². The van der Waals surface area contributed by atoms with Crippen molar-refractivity contribution in [2.75, 3.05) is 6.54 Å². The zero-order valence-corrected chi connectivity index (χ0v) is 12.1. The molecule has 0 radical (unpaired) electrons. The number of nitrogens with one attached hydrogen (secondary N) is 1. The van der Waals surface area contributed by atoms with Crippen LogP contribution in [0.5, 0.6) is 0 Å². The molecule has 1 nitrogen and oxygen atoms in total. The van der Waals surface area contributed by atoms with Crippen molar-refractivity contribution >= 4 is 27.3 Å². The highest BCUT2D eigenvalue weighted by atomic mass is 79.9. The molecule has 0 aliphatic carbocycles. The van der Waals surface area contributed by atoms with Crippen LogP contribution in [0.4, 0.5) is 0 Å². The summed E-state index contributed by atoms with van der Waals surface area (Å²) in [5, 5.41) is 5.72. The van der Waals surface area contributed by atoms with E-state index in [-0.39, 0.29) is 0 Å². The van der Waals surface area contributed by atoms with E-state index in [0.717, 1.165) is 12.5 Å². The Hall–Kier alpha value is 0.140. The Morgan fingerprint density at radius 1 is 1.40 bits per heavy atom. The molecule has 1 aromatic rings. The van der Waals surface area contributed by atoms with E-state index in [0.29, 0.717) is 6.04 Å². The van der Waals surface area contributed by atoms with Crippen molar-refractivity contribution < 1.29 is 0 Å². The Bertz CT molecular complexity index is 283. The first-order chi connectivity index (χ1) is 7.13. The Balaban J connectivity index is 2.57. The molecule has 0 saturated heterocycles. The maximum atomic E-state index is 3.56. The van der Waals surface area contributed by atoms with Crippen LogP contribution in [0.2, 0.25) is 0 Å². The number of rotatable bonds is 6. The van der Waals surface area contributed by atoms with Crippen LogP contribution in [0.15, 0.2) is 15.9 Å². The minimum Gasteiger partial charge on any atom is -0.310 e. The fraction of sp³-hybridized carbons (Fsp3) is 0.667. The average Bonchev–Trinajstić information content (AvgIpc) is 2.59. The maximum Gasteiger partial charge on any atom is 0.0415 e. The molecule has 1 atom stereocenters. The summed E-state index contributed by atoms with van der Waals surface area (Å²) in [7, 11) is 0. The Morgan fingerprint density at radius 3 is 2.60 bits per heavy atom. The molecule has 0 bridgehead atoms. The molecular weight excluding hydrogens is 270 g/mol. The molecule has 0 amide bonds. The quantitative estimate of drug-likeness (QED) is 0.807. The molecular formula is C12H20BrNS. The van der Waals surface area contributed by atoms with Gasteiger partial charge >= 0.3 is 0 Å². The average molecular weight is 290 g/mol. The highest BCUT2D eigenvalue weighted by Gasteiger charge is 2.12. The van der Waals surface area contributed by atoms with E-state index in [2.05, 4.69) is 53.5 Å². The standard InChI is InChI=1S/C12H20BrNS/c1-4-14-11(6-5-9(2)3)12-7-10(13)8-15-12/h7-9,11,14H,4-6H2,1-3H3. The van der Waals surface area contributed by atoms with Crippen LogP contribution < -0.4 is 5.32 Å². The van der Waals surface area contributed by atoms with Gasteiger partial charge in [-0.3, -0.25) is 0 Å². The van der Waals surface area contributed by atoms with Gasteiger partial charge in [0, 0.05) is 20.8 Å². The number of thiophene rings is 1. The lowest BCUT2D eigenvalue weighted by molar-refractivity contribution is 0.453. The van der Waals surface area contributed by atoms with Crippen molar-refractivity contribution in [2.45, 2.75) is 39.7 Å². The number of hydrogen-bond donors (Lipinski definition) is 1. The number of hydrogen-bond acceptors (Lipinski definition) is 2. The van der Waals surface area contributed by atoms with Crippen LogP contribution in [0, 0.1) is 5.92 Å². The first-order valence-electron chi connectivity index (χ1n) is 5.60. The second kappa shape index (κ2) is 6.66. The monoisotopic (exact) mass is 289 g/mol. The first kappa shape index (κ1) is 13.2. The van der Waals surface area contributed by atoms with Crippen LogP contribution in [-0.2, 0) is 0 Å². The van der Waals surface area contributed by atoms with Crippen LogP contribution in [0.1, 0.15) is 44.5 Å². The van der Waals surface area contributed by atoms with Gasteiger partial charge in [0.15, 0.2) is 0 Å². The zero-order chi connectivity index (χ0) is 11.3. The van der Waals surface area contributed by atoms with Crippen LogP contribution in [0.3, 0.4) is 0 Å². The van der Waals surface area contributed by atoms with Gasteiger partial charge in [0.05, 0.1) is 0 Å². The molecule has 3 heteroatoms. The Morgan fingerprint density at radius 2 is 2.13 bits per heavy atom. The van der Waals surface area contributed by atoms with Gasteiger partial charge in [0.25, 0.3) is 0 Å². The van der Waals surface area contributed by atoms with Crippen molar-refractivity contribution in [3.8, 4) is 0 Å². The molecule has 1 heterocycles. The predicted molar refractivity (Wildman–Crippen MR) is 72.5 cm³/mol. The van der Waals surface area contributed by atoms with Crippen LogP contribution in [0.25, 0.3) is 0 Å². The summed E-state index contributed by atoms with van der Waals surface area (Å²) in [5.41, 5.74) is 0. The van der Waals surface area contributed by atoms with E-state index in [9.17, 15) is 0 Å². The molecule has 1 unspecified atom stereocenters. The minimum atomic E-state index is 0.536. The normalized spacial score (nSPS) is 13.4. The summed E-state index contributed by atoms with van der Waals surface area (Å²) in [6.45, 7) is 7.78. The van der Waals surface area contributed by atoms with Crippen molar-refractivity contribution in [1.82, 2.24) is 5.32 Å². The van der Waals surface area contributed by atoms with Crippen molar-refractivity contribution in [2.24, 2.45) is 5.92 Å². The van der Waals surface area contributed by atoms with E-state index in [1.165, 1.54) is 22.2 Å². The summed E-state index contributed by atoms with van der Waals surface area (Å²) in [5.74, 6) is 0.787. The van der Waals surface area contributed by atoms with Gasteiger partial charge in [0.1, 0.15) is 0 Å². The topological polar surface area (TPSA) is 12.0 Å². The van der Waals surface area contributed by atoms with Gasteiger partial charge in [-0.2, -0.15) is 0 Å². The third-order valence-electron chi connectivity index (χ3n) is 2.41. The lowest BCUT2D eigenvalue weighted by Gasteiger charge is -2.17. The summed E-state index contributed by atoms with van der Waals surface area (Å²) in [4.78, 5) is 1.45. The Kier molecular flexibility index (Phi) is 5.87. The minimum absolute atomic E-state index is 0.536. The van der Waals surface area contributed by atoms with Crippen molar-refractivity contribution in [3.63, 3.8) is 0 Å². The molecule has 0 aromatic carbocycles. The van der Waals surface area contributed by atoms with Gasteiger partial charge in [-0.15, -0.1) is 11.3 Å². The van der Waals surface area contributed by atoms with E-state index < -0.39 is 0 Å². The summed E-state index contributed by atoms with van der Waals surface area (Å²) < 4.78 is 1.20. The molecule has 15 heavy (non-hydrogen) atoms. The van der Waals surface area contributed by atoms with E-state index in [1.807, 2.05) is 11.3 Å². The zero-order valence-electron chi connectivity index (χ0n) is 9.72. The number of halogens is 1. The molecule has 1 aromatic heterocycles. The molecule has 86 valence electrons.